The summed E-state index contributed by atoms with van der Waals surface area (Å²) in [7, 11) is -5.16. The van der Waals surface area contributed by atoms with Gasteiger partial charge in [0.05, 0.1) is 24.9 Å². The Kier molecular flexibility index (Phi) is 6.26. The lowest BCUT2D eigenvalue weighted by Crippen LogP contribution is -2.63. The summed E-state index contributed by atoms with van der Waals surface area (Å²) in [5.41, 5.74) is -7.86. The van der Waals surface area contributed by atoms with Crippen LogP contribution in [0.15, 0.2) is 36.1 Å². The minimum atomic E-state index is -5.16. The largest absolute Gasteiger partial charge is 0.491 e. The van der Waals surface area contributed by atoms with Gasteiger partial charge in [-0.1, -0.05) is 30.3 Å². The number of carbonyl (C=O) groups excluding carboxylic acids is 1. The van der Waals surface area contributed by atoms with Gasteiger partial charge in [0.1, 0.15) is 0 Å². The van der Waals surface area contributed by atoms with E-state index in [9.17, 15) is 14.5 Å². The first kappa shape index (κ1) is 21.7. The Morgan fingerprint density at radius 3 is 2.11 bits per heavy atom. The van der Waals surface area contributed by atoms with Gasteiger partial charge in [-0.2, -0.15) is 8.78 Å². The van der Waals surface area contributed by atoms with Crippen molar-refractivity contribution in [3.63, 3.8) is 0 Å². The maximum Gasteiger partial charge on any atom is 0.403 e. The van der Waals surface area contributed by atoms with Gasteiger partial charge in [-0.25, -0.2) is 0 Å². The lowest BCUT2D eigenvalue weighted by Gasteiger charge is -2.45. The predicted molar refractivity (Wildman–Crippen MR) is 95.3 cm³/mol. The first-order valence-electron chi connectivity index (χ1n) is 8.57. The van der Waals surface area contributed by atoms with E-state index in [1.807, 2.05) is 0 Å². The van der Waals surface area contributed by atoms with Crippen molar-refractivity contribution in [1.29, 1.82) is 0 Å². The Balaban J connectivity index is 2.64. The van der Waals surface area contributed by atoms with Gasteiger partial charge in [0, 0.05) is 0 Å². The highest BCUT2D eigenvalue weighted by Crippen LogP contribution is 2.69. The first-order chi connectivity index (χ1) is 12.6. The highest BCUT2D eigenvalue weighted by Gasteiger charge is 2.78. The molecule has 1 aliphatic rings. The number of hydrogen-bond donors (Lipinski definition) is 1. The van der Waals surface area contributed by atoms with Gasteiger partial charge in [-0.3, -0.25) is 9.36 Å². The molecule has 1 N–H and O–H groups in total. The second-order valence-corrected chi connectivity index (χ2v) is 8.22. The molecule has 1 aromatic carbocycles. The van der Waals surface area contributed by atoms with Crippen LogP contribution in [-0.4, -0.2) is 41.5 Å². The Labute approximate surface area is 156 Å². The van der Waals surface area contributed by atoms with Crippen LogP contribution in [0, 0.1) is 0 Å². The lowest BCUT2D eigenvalue weighted by atomic mass is 9.74. The molecule has 1 unspecified atom stereocenters. The van der Waals surface area contributed by atoms with Crippen LogP contribution in [0.4, 0.5) is 8.78 Å². The number of Topliss-reactive ketones (excluding diaryl/α,β-unsaturated/α-hetero) is 1. The molecule has 0 heterocycles. The highest BCUT2D eigenvalue weighted by atomic mass is 31.2. The van der Waals surface area contributed by atoms with Crippen LogP contribution < -0.4 is 0 Å². The summed E-state index contributed by atoms with van der Waals surface area (Å²) in [6.07, 6.45) is -0.618. The zero-order chi connectivity index (χ0) is 20.5. The van der Waals surface area contributed by atoms with Gasteiger partial charge in [0.15, 0.2) is 5.76 Å². The minimum absolute atomic E-state index is 0.189. The van der Waals surface area contributed by atoms with Crippen molar-refractivity contribution >= 4 is 19.0 Å². The molecule has 2 rings (SSSR count). The predicted octanol–water partition coefficient (Wildman–Crippen LogP) is 4.00. The van der Waals surface area contributed by atoms with Crippen molar-refractivity contribution in [1.82, 2.24) is 0 Å². The Morgan fingerprint density at radius 2 is 1.67 bits per heavy atom. The number of aliphatic hydroxyl groups is 1. The van der Waals surface area contributed by atoms with Gasteiger partial charge in [0.25, 0.3) is 5.60 Å². The van der Waals surface area contributed by atoms with E-state index in [1.54, 1.807) is 32.0 Å². The monoisotopic (exact) mass is 404 g/mol. The number of ketones is 1. The molecule has 1 aliphatic carbocycles. The standard InChI is InChI=1S/C18H23F2O6P/c1-5-24-27(23,25-6-2)18(19,20)17(22)15(21)14(16(17)26-12(3)4)13-10-8-7-9-11-13/h7-12,22H,5-6H2,1-4H3. The van der Waals surface area contributed by atoms with E-state index in [0.29, 0.717) is 5.56 Å². The van der Waals surface area contributed by atoms with Crippen LogP contribution in [0.5, 0.6) is 0 Å². The molecule has 0 aliphatic heterocycles. The molecular formula is C18H23F2O6P. The molecule has 150 valence electrons. The number of benzene rings is 1. The van der Waals surface area contributed by atoms with Gasteiger partial charge in [0.2, 0.25) is 5.78 Å². The van der Waals surface area contributed by atoms with Gasteiger partial charge in [-0.15, -0.1) is 0 Å². The molecule has 0 amide bonds. The average molecular weight is 404 g/mol. The minimum Gasteiger partial charge on any atom is -0.491 e. The average Bonchev–Trinajstić information content (AvgIpc) is 2.61. The maximum absolute atomic E-state index is 15.2. The normalized spacial score (nSPS) is 20.8. The molecule has 0 saturated heterocycles. The number of rotatable bonds is 9. The SMILES string of the molecule is CCOP(=O)(OCC)C(F)(F)C1(O)C(=O)C(c2ccccc2)=C1OC(C)C. The van der Waals surface area contributed by atoms with Crippen molar-refractivity contribution in [2.75, 3.05) is 13.2 Å². The zero-order valence-electron chi connectivity index (χ0n) is 15.6. The summed E-state index contributed by atoms with van der Waals surface area (Å²) < 4.78 is 57.9. The summed E-state index contributed by atoms with van der Waals surface area (Å²) in [6.45, 7) is 5.11. The fourth-order valence-corrected chi connectivity index (χ4v) is 4.44. The summed E-state index contributed by atoms with van der Waals surface area (Å²) in [5.74, 6) is -1.94. The van der Waals surface area contributed by atoms with Crippen molar-refractivity contribution < 1.29 is 37.0 Å². The van der Waals surface area contributed by atoms with E-state index in [1.165, 1.54) is 26.0 Å². The summed E-state index contributed by atoms with van der Waals surface area (Å²) in [5, 5.41) is 10.7. The number of halogens is 2. The molecule has 0 spiro atoms. The van der Waals surface area contributed by atoms with Crippen molar-refractivity contribution in [3.05, 3.63) is 41.7 Å². The van der Waals surface area contributed by atoms with Crippen molar-refractivity contribution in [3.8, 4) is 0 Å². The van der Waals surface area contributed by atoms with Crippen LogP contribution in [0.25, 0.3) is 5.57 Å². The molecule has 9 heteroatoms. The number of ether oxygens (including phenoxy) is 1. The quantitative estimate of drug-likeness (QED) is 0.627. The number of hydrogen-bond acceptors (Lipinski definition) is 6. The third-order valence-corrected chi connectivity index (χ3v) is 6.11. The van der Waals surface area contributed by atoms with Crippen LogP contribution in [0.2, 0.25) is 0 Å². The Hall–Kier alpha value is -1.60. The molecule has 0 fully saturated rings. The van der Waals surface area contributed by atoms with E-state index in [-0.39, 0.29) is 18.8 Å². The molecule has 0 aromatic heterocycles. The summed E-state index contributed by atoms with van der Waals surface area (Å²) in [4.78, 5) is 12.7. The Bertz CT molecular complexity index is 767. The third-order valence-electron chi connectivity index (χ3n) is 3.90. The first-order valence-corrected chi connectivity index (χ1v) is 10.1. The van der Waals surface area contributed by atoms with Crippen molar-refractivity contribution in [2.24, 2.45) is 0 Å². The zero-order valence-corrected chi connectivity index (χ0v) is 16.5. The van der Waals surface area contributed by atoms with E-state index in [0.717, 1.165) is 0 Å². The molecule has 0 bridgehead atoms. The highest BCUT2D eigenvalue weighted by molar-refractivity contribution is 7.55. The van der Waals surface area contributed by atoms with Crippen LogP contribution in [0.3, 0.4) is 0 Å². The fourth-order valence-electron chi connectivity index (χ4n) is 2.76. The van der Waals surface area contributed by atoms with E-state index >= 15 is 8.78 Å². The molecule has 27 heavy (non-hydrogen) atoms. The van der Waals surface area contributed by atoms with E-state index in [2.05, 4.69) is 0 Å². The number of carbonyl (C=O) groups is 1. The van der Waals surface area contributed by atoms with Crippen LogP contribution >= 0.6 is 7.60 Å². The van der Waals surface area contributed by atoms with Crippen LogP contribution in [0.1, 0.15) is 33.3 Å². The smallest absolute Gasteiger partial charge is 0.403 e. The molecule has 0 saturated carbocycles. The second-order valence-electron chi connectivity index (χ2n) is 6.15. The maximum atomic E-state index is 15.2. The molecule has 6 nitrogen and oxygen atoms in total. The molecular weight excluding hydrogens is 381 g/mol. The van der Waals surface area contributed by atoms with E-state index in [4.69, 9.17) is 13.8 Å². The topological polar surface area (TPSA) is 82.1 Å². The fraction of sp³-hybridized carbons (Fsp3) is 0.500. The van der Waals surface area contributed by atoms with Crippen molar-refractivity contribution in [2.45, 2.75) is 45.1 Å². The molecule has 0 radical (unpaired) electrons. The summed E-state index contributed by atoms with van der Waals surface area (Å²) in [6, 6.07) is 7.97. The molecule has 1 atom stereocenters. The van der Waals surface area contributed by atoms with E-state index < -0.39 is 36.5 Å². The Morgan fingerprint density at radius 1 is 1.15 bits per heavy atom. The third kappa shape index (κ3) is 3.36. The van der Waals surface area contributed by atoms with Gasteiger partial charge < -0.3 is 18.9 Å². The second kappa shape index (κ2) is 7.80. The number of alkyl halides is 2. The van der Waals surface area contributed by atoms with Gasteiger partial charge in [-0.05, 0) is 33.3 Å². The lowest BCUT2D eigenvalue weighted by molar-refractivity contribution is -0.173. The van der Waals surface area contributed by atoms with Gasteiger partial charge >= 0.3 is 13.3 Å². The van der Waals surface area contributed by atoms with Crippen LogP contribution in [-0.2, 0) is 23.1 Å². The summed E-state index contributed by atoms with van der Waals surface area (Å²) >= 11 is 0. The molecule has 1 aromatic rings.